The summed E-state index contributed by atoms with van der Waals surface area (Å²) < 4.78 is 26.5. The Morgan fingerprint density at radius 1 is 1.43 bits per heavy atom. The lowest BCUT2D eigenvalue weighted by Crippen LogP contribution is -2.28. The third-order valence-electron chi connectivity index (χ3n) is 3.20. The van der Waals surface area contributed by atoms with Crippen LogP contribution in [0.3, 0.4) is 0 Å². The number of hydrogen-bond donors (Lipinski definition) is 2. The molecule has 21 heavy (non-hydrogen) atoms. The predicted molar refractivity (Wildman–Crippen MR) is 83.5 cm³/mol. The van der Waals surface area contributed by atoms with Crippen LogP contribution in [0.15, 0.2) is 15.7 Å². The minimum atomic E-state index is -3.60. The van der Waals surface area contributed by atoms with Crippen molar-refractivity contribution in [3.63, 3.8) is 0 Å². The fraction of sp³-hybridized carbons (Fsp3) is 0.615. The van der Waals surface area contributed by atoms with Crippen LogP contribution in [-0.2, 0) is 10.0 Å². The van der Waals surface area contributed by atoms with Crippen LogP contribution in [-0.4, -0.2) is 50.6 Å². The highest BCUT2D eigenvalue weighted by Gasteiger charge is 2.18. The molecule has 6 nitrogen and oxygen atoms in total. The van der Waals surface area contributed by atoms with Crippen molar-refractivity contribution in [3.05, 3.63) is 17.0 Å². The van der Waals surface area contributed by atoms with E-state index in [2.05, 4.69) is 23.5 Å². The van der Waals surface area contributed by atoms with Crippen molar-refractivity contribution < 1.29 is 18.3 Å². The second-order valence-corrected chi connectivity index (χ2v) is 8.04. The van der Waals surface area contributed by atoms with E-state index in [1.165, 1.54) is 11.4 Å². The Hall–Kier alpha value is -0.960. The number of aromatic carboxylic acids is 1. The molecule has 0 unspecified atom stereocenters. The molecule has 2 N–H and O–H groups in total. The highest BCUT2D eigenvalue weighted by atomic mass is 32.2. The van der Waals surface area contributed by atoms with Crippen LogP contribution >= 0.6 is 11.3 Å². The molecule has 120 valence electrons. The first-order valence-electron chi connectivity index (χ1n) is 6.76. The quantitative estimate of drug-likeness (QED) is 0.673. The number of nitrogens with one attached hydrogen (secondary N) is 1. The number of carbonyl (C=O) groups is 1. The average Bonchev–Trinajstić information content (AvgIpc) is 2.88. The molecule has 1 aromatic rings. The largest absolute Gasteiger partial charge is 0.478 e. The van der Waals surface area contributed by atoms with Gasteiger partial charge in [-0.05, 0) is 46.3 Å². The molecule has 1 aromatic heterocycles. The Morgan fingerprint density at radius 2 is 2.10 bits per heavy atom. The van der Waals surface area contributed by atoms with E-state index in [-0.39, 0.29) is 9.77 Å². The molecule has 0 radical (unpaired) electrons. The van der Waals surface area contributed by atoms with Crippen molar-refractivity contribution in [2.75, 3.05) is 20.1 Å². The molecule has 0 atom stereocenters. The Balaban J connectivity index is 2.41. The summed E-state index contributed by atoms with van der Waals surface area (Å²) in [4.78, 5) is 12.9. The van der Waals surface area contributed by atoms with E-state index in [0.29, 0.717) is 12.6 Å². The molecule has 0 aliphatic carbocycles. The number of carboxylic acid groups (broad SMARTS) is 1. The molecular formula is C13H22N2O4S2. The molecule has 0 aliphatic rings. The van der Waals surface area contributed by atoms with E-state index in [1.54, 1.807) is 0 Å². The van der Waals surface area contributed by atoms with Crippen LogP contribution in [0.5, 0.6) is 0 Å². The van der Waals surface area contributed by atoms with Gasteiger partial charge < -0.3 is 10.0 Å². The summed E-state index contributed by atoms with van der Waals surface area (Å²) in [5, 5.41) is 10.1. The van der Waals surface area contributed by atoms with Gasteiger partial charge in [0, 0.05) is 18.0 Å². The Labute approximate surface area is 129 Å². The first kappa shape index (κ1) is 18.1. The molecule has 1 heterocycles. The lowest BCUT2D eigenvalue weighted by molar-refractivity contribution is 0.0697. The summed E-state index contributed by atoms with van der Waals surface area (Å²) in [6.07, 6.45) is 1.65. The van der Waals surface area contributed by atoms with Crippen molar-refractivity contribution in [1.29, 1.82) is 0 Å². The van der Waals surface area contributed by atoms with Gasteiger partial charge in [-0.3, -0.25) is 0 Å². The maximum atomic E-state index is 12.0. The SMILES string of the molecule is CC(C)N(C)CCCCNS(=O)(=O)c1cc(C(=O)O)cs1. The number of thiophene rings is 1. The van der Waals surface area contributed by atoms with Gasteiger partial charge in [0.15, 0.2) is 0 Å². The van der Waals surface area contributed by atoms with Crippen molar-refractivity contribution >= 4 is 27.3 Å². The third-order valence-corrected chi connectivity index (χ3v) is 6.10. The molecule has 0 aromatic carbocycles. The van der Waals surface area contributed by atoms with Gasteiger partial charge in [-0.25, -0.2) is 17.9 Å². The maximum absolute atomic E-state index is 12.0. The Kier molecular flexibility index (Phi) is 6.79. The number of unbranched alkanes of at least 4 members (excludes halogenated alkanes) is 1. The van der Waals surface area contributed by atoms with Crippen LogP contribution < -0.4 is 4.72 Å². The lowest BCUT2D eigenvalue weighted by atomic mass is 10.2. The number of rotatable bonds is 9. The van der Waals surface area contributed by atoms with Gasteiger partial charge in [0.05, 0.1) is 5.56 Å². The van der Waals surface area contributed by atoms with Gasteiger partial charge in [0.25, 0.3) is 0 Å². The average molecular weight is 334 g/mol. The smallest absolute Gasteiger partial charge is 0.336 e. The summed E-state index contributed by atoms with van der Waals surface area (Å²) >= 11 is 0.918. The van der Waals surface area contributed by atoms with Gasteiger partial charge in [-0.1, -0.05) is 0 Å². The van der Waals surface area contributed by atoms with Crippen LogP contribution in [0.4, 0.5) is 0 Å². The summed E-state index contributed by atoms with van der Waals surface area (Å²) in [7, 11) is -1.56. The second kappa shape index (κ2) is 7.88. The zero-order valence-electron chi connectivity index (χ0n) is 12.5. The standard InChI is InChI=1S/C13H22N2O4S2/c1-10(2)15(3)7-5-4-6-14-21(18,19)12-8-11(9-20-12)13(16)17/h8-10,14H,4-7H2,1-3H3,(H,16,17). The van der Waals surface area contributed by atoms with Gasteiger partial charge >= 0.3 is 5.97 Å². The minimum Gasteiger partial charge on any atom is -0.478 e. The normalized spacial score (nSPS) is 12.2. The fourth-order valence-corrected chi connectivity index (χ4v) is 3.86. The fourth-order valence-electron chi connectivity index (χ4n) is 1.59. The zero-order valence-corrected chi connectivity index (χ0v) is 14.1. The first-order chi connectivity index (χ1) is 9.74. The van der Waals surface area contributed by atoms with Crippen LogP contribution in [0.1, 0.15) is 37.0 Å². The van der Waals surface area contributed by atoms with E-state index in [0.717, 1.165) is 30.7 Å². The molecular weight excluding hydrogens is 312 g/mol. The number of sulfonamides is 1. The zero-order chi connectivity index (χ0) is 16.0. The number of carboxylic acids is 1. The first-order valence-corrected chi connectivity index (χ1v) is 9.12. The van der Waals surface area contributed by atoms with Gasteiger partial charge in [-0.2, -0.15) is 0 Å². The van der Waals surface area contributed by atoms with Crippen LogP contribution in [0.25, 0.3) is 0 Å². The molecule has 0 fully saturated rings. The molecule has 1 rings (SSSR count). The molecule has 0 bridgehead atoms. The number of hydrogen-bond acceptors (Lipinski definition) is 5. The molecule has 8 heteroatoms. The maximum Gasteiger partial charge on any atom is 0.336 e. The summed E-state index contributed by atoms with van der Waals surface area (Å²) in [6.45, 7) is 5.50. The van der Waals surface area contributed by atoms with E-state index >= 15 is 0 Å². The summed E-state index contributed by atoms with van der Waals surface area (Å²) in [5.74, 6) is -1.12. The molecule has 0 spiro atoms. The van der Waals surface area contributed by atoms with Crippen molar-refractivity contribution in [3.8, 4) is 0 Å². The van der Waals surface area contributed by atoms with E-state index < -0.39 is 16.0 Å². The Morgan fingerprint density at radius 3 is 2.62 bits per heavy atom. The Bertz CT molecular complexity index is 566. The van der Waals surface area contributed by atoms with E-state index in [1.807, 2.05) is 7.05 Å². The highest BCUT2D eigenvalue weighted by Crippen LogP contribution is 2.20. The van der Waals surface area contributed by atoms with Gasteiger partial charge in [0.2, 0.25) is 10.0 Å². The van der Waals surface area contributed by atoms with Crippen LogP contribution in [0, 0.1) is 0 Å². The molecule has 0 amide bonds. The van der Waals surface area contributed by atoms with Crippen molar-refractivity contribution in [2.45, 2.75) is 36.9 Å². The van der Waals surface area contributed by atoms with E-state index in [4.69, 9.17) is 5.11 Å². The van der Waals surface area contributed by atoms with Crippen LogP contribution in [0.2, 0.25) is 0 Å². The summed E-state index contributed by atoms with van der Waals surface area (Å²) in [5.41, 5.74) is -0.000988. The third kappa shape index (κ3) is 5.74. The van der Waals surface area contributed by atoms with Crippen molar-refractivity contribution in [1.82, 2.24) is 9.62 Å². The highest BCUT2D eigenvalue weighted by molar-refractivity contribution is 7.91. The molecule has 0 saturated carbocycles. The summed E-state index contributed by atoms with van der Waals surface area (Å²) in [6, 6.07) is 1.66. The lowest BCUT2D eigenvalue weighted by Gasteiger charge is -2.20. The second-order valence-electron chi connectivity index (χ2n) is 5.14. The predicted octanol–water partition coefficient (Wildman–Crippen LogP) is 1.85. The number of nitrogens with zero attached hydrogens (tertiary/aromatic N) is 1. The van der Waals surface area contributed by atoms with E-state index in [9.17, 15) is 13.2 Å². The van der Waals surface area contributed by atoms with Gasteiger partial charge in [0.1, 0.15) is 4.21 Å². The monoisotopic (exact) mass is 334 g/mol. The van der Waals surface area contributed by atoms with Crippen molar-refractivity contribution in [2.24, 2.45) is 0 Å². The molecule has 0 saturated heterocycles. The van der Waals surface area contributed by atoms with Gasteiger partial charge in [-0.15, -0.1) is 11.3 Å². The topological polar surface area (TPSA) is 86.7 Å². The molecule has 0 aliphatic heterocycles. The minimum absolute atomic E-state index is 0.000988.